The number of nitrogens with zero attached hydrogens (tertiary/aromatic N) is 1. The standard InChI is InChI=1S/C17H23F2N3O2/c1-11(2)9-21-15(23)8-14-17(24)20-6-7-22(14)10-12-4-3-5-13(18)16(12)19/h3-5,11,14H,6-10H2,1-2H3,(H,20,24)(H,21,23). The Hall–Kier alpha value is -2.02. The van der Waals surface area contributed by atoms with Crippen molar-refractivity contribution in [1.82, 2.24) is 15.5 Å². The second-order valence-electron chi connectivity index (χ2n) is 6.39. The molecule has 1 saturated heterocycles. The van der Waals surface area contributed by atoms with Crippen LogP contribution in [0.25, 0.3) is 0 Å². The van der Waals surface area contributed by atoms with Gasteiger partial charge in [-0.3, -0.25) is 14.5 Å². The lowest BCUT2D eigenvalue weighted by Gasteiger charge is -2.34. The van der Waals surface area contributed by atoms with E-state index in [0.29, 0.717) is 25.6 Å². The largest absolute Gasteiger partial charge is 0.356 e. The molecule has 1 aliphatic rings. The Morgan fingerprint density at radius 3 is 2.88 bits per heavy atom. The van der Waals surface area contributed by atoms with Gasteiger partial charge in [-0.2, -0.15) is 0 Å². The molecule has 2 rings (SSSR count). The van der Waals surface area contributed by atoms with Crippen LogP contribution in [0, 0.1) is 17.6 Å². The third-order valence-electron chi connectivity index (χ3n) is 3.93. The van der Waals surface area contributed by atoms with Crippen LogP contribution < -0.4 is 10.6 Å². The number of amides is 2. The highest BCUT2D eigenvalue weighted by Crippen LogP contribution is 2.18. The summed E-state index contributed by atoms with van der Waals surface area (Å²) < 4.78 is 27.2. The monoisotopic (exact) mass is 339 g/mol. The molecule has 2 N–H and O–H groups in total. The van der Waals surface area contributed by atoms with E-state index >= 15 is 0 Å². The van der Waals surface area contributed by atoms with Gasteiger partial charge < -0.3 is 10.6 Å². The number of halogens is 2. The van der Waals surface area contributed by atoms with Gasteiger partial charge >= 0.3 is 0 Å². The Kier molecular flexibility index (Phi) is 6.25. The van der Waals surface area contributed by atoms with Crippen LogP contribution in [0.5, 0.6) is 0 Å². The predicted molar refractivity (Wildman–Crippen MR) is 86.0 cm³/mol. The van der Waals surface area contributed by atoms with Crippen molar-refractivity contribution >= 4 is 11.8 Å². The highest BCUT2D eigenvalue weighted by Gasteiger charge is 2.32. The average molecular weight is 339 g/mol. The van der Waals surface area contributed by atoms with E-state index in [-0.39, 0.29) is 30.3 Å². The van der Waals surface area contributed by atoms with Crippen LogP contribution in [0.1, 0.15) is 25.8 Å². The van der Waals surface area contributed by atoms with Crippen molar-refractivity contribution in [2.24, 2.45) is 5.92 Å². The molecule has 0 aliphatic carbocycles. The van der Waals surface area contributed by atoms with Gasteiger partial charge in [0.25, 0.3) is 0 Å². The first-order valence-corrected chi connectivity index (χ1v) is 8.09. The molecule has 0 aromatic heterocycles. The summed E-state index contributed by atoms with van der Waals surface area (Å²) >= 11 is 0. The van der Waals surface area contributed by atoms with Gasteiger partial charge in [0.05, 0.1) is 12.5 Å². The molecule has 0 spiro atoms. The van der Waals surface area contributed by atoms with Crippen molar-refractivity contribution in [3.8, 4) is 0 Å². The molecule has 1 unspecified atom stereocenters. The van der Waals surface area contributed by atoms with Crippen molar-refractivity contribution in [1.29, 1.82) is 0 Å². The first-order valence-electron chi connectivity index (χ1n) is 8.09. The molecule has 1 atom stereocenters. The van der Waals surface area contributed by atoms with Gasteiger partial charge in [0.15, 0.2) is 11.6 Å². The molecule has 2 amide bonds. The zero-order valence-corrected chi connectivity index (χ0v) is 13.9. The van der Waals surface area contributed by atoms with E-state index in [0.717, 1.165) is 6.07 Å². The molecule has 5 nitrogen and oxygen atoms in total. The van der Waals surface area contributed by atoms with Crippen LogP contribution in [0.3, 0.4) is 0 Å². The van der Waals surface area contributed by atoms with E-state index in [1.165, 1.54) is 12.1 Å². The number of hydrogen-bond acceptors (Lipinski definition) is 3. The lowest BCUT2D eigenvalue weighted by atomic mass is 10.1. The highest BCUT2D eigenvalue weighted by molar-refractivity contribution is 5.88. The van der Waals surface area contributed by atoms with E-state index in [2.05, 4.69) is 10.6 Å². The second kappa shape index (κ2) is 8.19. The molecule has 0 saturated carbocycles. The van der Waals surface area contributed by atoms with Gasteiger partial charge in [-0.15, -0.1) is 0 Å². The summed E-state index contributed by atoms with van der Waals surface area (Å²) in [6.45, 7) is 5.47. The smallest absolute Gasteiger partial charge is 0.237 e. The van der Waals surface area contributed by atoms with Crippen molar-refractivity contribution in [2.75, 3.05) is 19.6 Å². The van der Waals surface area contributed by atoms with Crippen LogP contribution in [0.2, 0.25) is 0 Å². The van der Waals surface area contributed by atoms with Gasteiger partial charge in [0.1, 0.15) is 0 Å². The zero-order valence-electron chi connectivity index (χ0n) is 13.9. The van der Waals surface area contributed by atoms with Crippen molar-refractivity contribution < 1.29 is 18.4 Å². The molecular formula is C17H23F2N3O2. The summed E-state index contributed by atoms with van der Waals surface area (Å²) in [5.41, 5.74) is 0.178. The number of carbonyl (C=O) groups is 2. The second-order valence-corrected chi connectivity index (χ2v) is 6.39. The maximum Gasteiger partial charge on any atom is 0.237 e. The lowest BCUT2D eigenvalue weighted by Crippen LogP contribution is -2.56. The minimum atomic E-state index is -0.916. The molecule has 1 aromatic rings. The number of carbonyl (C=O) groups excluding carboxylic acids is 2. The third kappa shape index (κ3) is 4.74. The van der Waals surface area contributed by atoms with Crippen LogP contribution in [0.4, 0.5) is 8.78 Å². The van der Waals surface area contributed by atoms with Crippen LogP contribution in [-0.4, -0.2) is 42.4 Å². The first kappa shape index (κ1) is 18.3. The summed E-state index contributed by atoms with van der Waals surface area (Å²) in [4.78, 5) is 25.9. The number of piperazine rings is 1. The maximum atomic E-state index is 13.9. The fourth-order valence-corrected chi connectivity index (χ4v) is 2.63. The number of rotatable bonds is 6. The summed E-state index contributed by atoms with van der Waals surface area (Å²) in [6, 6.07) is 3.29. The van der Waals surface area contributed by atoms with Gasteiger partial charge in [0.2, 0.25) is 11.8 Å². The van der Waals surface area contributed by atoms with Gasteiger partial charge in [-0.05, 0) is 12.0 Å². The molecule has 132 valence electrons. The Morgan fingerprint density at radius 1 is 1.42 bits per heavy atom. The fraction of sp³-hybridized carbons (Fsp3) is 0.529. The molecule has 0 bridgehead atoms. The van der Waals surface area contributed by atoms with Crippen LogP contribution in [-0.2, 0) is 16.1 Å². The Labute approximate surface area is 140 Å². The lowest BCUT2D eigenvalue weighted by molar-refractivity contribution is -0.134. The summed E-state index contributed by atoms with van der Waals surface area (Å²) in [5, 5.41) is 5.49. The molecule has 1 aromatic carbocycles. The average Bonchev–Trinajstić information content (AvgIpc) is 2.53. The SMILES string of the molecule is CC(C)CNC(=O)CC1C(=O)NCCN1Cc1cccc(F)c1F. The molecular weight excluding hydrogens is 316 g/mol. The minimum Gasteiger partial charge on any atom is -0.356 e. The summed E-state index contributed by atoms with van der Waals surface area (Å²) in [7, 11) is 0. The molecule has 24 heavy (non-hydrogen) atoms. The molecule has 1 fully saturated rings. The van der Waals surface area contributed by atoms with Crippen LogP contribution in [0.15, 0.2) is 18.2 Å². The quantitative estimate of drug-likeness (QED) is 0.824. The Balaban J connectivity index is 2.07. The predicted octanol–water partition coefficient (Wildman–Crippen LogP) is 1.43. The molecule has 7 heteroatoms. The van der Waals surface area contributed by atoms with Gasteiger partial charge in [0, 0.05) is 31.7 Å². The Bertz CT molecular complexity index is 607. The molecule has 0 radical (unpaired) electrons. The topological polar surface area (TPSA) is 61.4 Å². The minimum absolute atomic E-state index is 0.00448. The van der Waals surface area contributed by atoms with Crippen molar-refractivity contribution in [3.05, 3.63) is 35.4 Å². The van der Waals surface area contributed by atoms with Crippen LogP contribution >= 0.6 is 0 Å². The van der Waals surface area contributed by atoms with Crippen molar-refractivity contribution in [2.45, 2.75) is 32.9 Å². The van der Waals surface area contributed by atoms with E-state index < -0.39 is 17.7 Å². The number of nitrogens with one attached hydrogen (secondary N) is 2. The first-order chi connectivity index (χ1) is 11.4. The zero-order chi connectivity index (χ0) is 17.7. The molecule has 1 heterocycles. The summed E-state index contributed by atoms with van der Waals surface area (Å²) in [5.74, 6) is -2.01. The highest BCUT2D eigenvalue weighted by atomic mass is 19.2. The van der Waals surface area contributed by atoms with E-state index in [1.54, 1.807) is 4.90 Å². The number of hydrogen-bond donors (Lipinski definition) is 2. The fourth-order valence-electron chi connectivity index (χ4n) is 2.63. The normalized spacial score (nSPS) is 18.5. The number of benzene rings is 1. The summed E-state index contributed by atoms with van der Waals surface area (Å²) in [6.07, 6.45) is -0.00448. The van der Waals surface area contributed by atoms with E-state index in [1.807, 2.05) is 13.8 Å². The Morgan fingerprint density at radius 2 is 2.17 bits per heavy atom. The van der Waals surface area contributed by atoms with E-state index in [4.69, 9.17) is 0 Å². The third-order valence-corrected chi connectivity index (χ3v) is 3.93. The maximum absolute atomic E-state index is 13.9. The molecule has 1 aliphatic heterocycles. The van der Waals surface area contributed by atoms with Gasteiger partial charge in [-0.25, -0.2) is 8.78 Å². The van der Waals surface area contributed by atoms with E-state index in [9.17, 15) is 18.4 Å². The van der Waals surface area contributed by atoms with Crippen molar-refractivity contribution in [3.63, 3.8) is 0 Å². The van der Waals surface area contributed by atoms with Gasteiger partial charge in [-0.1, -0.05) is 26.0 Å².